The molecule has 0 spiro atoms. The monoisotopic (exact) mass is 415 g/mol. The Morgan fingerprint density at radius 3 is 2.56 bits per heavy atom. The minimum absolute atomic E-state index is 0. The number of hydrogen-bond acceptors (Lipinski definition) is 3. The van der Waals surface area contributed by atoms with Crippen LogP contribution in [-0.2, 0) is 9.59 Å². The van der Waals surface area contributed by atoms with Crippen LogP contribution in [0.15, 0.2) is 17.1 Å². The van der Waals surface area contributed by atoms with Crippen molar-refractivity contribution in [3.63, 3.8) is 0 Å². The predicted molar refractivity (Wildman–Crippen MR) is 105 cm³/mol. The maximum Gasteiger partial charge on any atom is 0.244 e. The standard InChI is InChI=1S/C17H29N5O2.BrH/c1-4-13(2)19-17(18-11-16(24)21-8-5-6-9-21)22-10-7-15(12-22)20-14(3)23;/h5-6,13,15H,4,7-12H2,1-3H3,(H,18,19)(H,20,23);1H. The highest BCUT2D eigenvalue weighted by Crippen LogP contribution is 2.10. The molecule has 2 unspecified atom stereocenters. The molecule has 2 heterocycles. The van der Waals surface area contributed by atoms with Gasteiger partial charge in [0.1, 0.15) is 6.54 Å². The molecule has 0 aromatic carbocycles. The lowest BCUT2D eigenvalue weighted by molar-refractivity contribution is -0.128. The maximum atomic E-state index is 12.2. The van der Waals surface area contributed by atoms with Gasteiger partial charge >= 0.3 is 0 Å². The number of hydrogen-bond donors (Lipinski definition) is 2. The summed E-state index contributed by atoms with van der Waals surface area (Å²) in [5.41, 5.74) is 0. The lowest BCUT2D eigenvalue weighted by atomic mass is 10.2. The van der Waals surface area contributed by atoms with Gasteiger partial charge in [0.2, 0.25) is 11.8 Å². The lowest BCUT2D eigenvalue weighted by Crippen LogP contribution is -2.46. The quantitative estimate of drug-likeness (QED) is 0.397. The summed E-state index contributed by atoms with van der Waals surface area (Å²) in [5, 5.41) is 6.36. The van der Waals surface area contributed by atoms with Gasteiger partial charge in [0.05, 0.1) is 0 Å². The Bertz CT molecular complexity index is 515. The molecule has 1 saturated heterocycles. The number of likely N-dealkylation sites (tertiary alicyclic amines) is 1. The number of rotatable bonds is 5. The molecule has 0 aromatic heterocycles. The highest BCUT2D eigenvalue weighted by atomic mass is 79.9. The predicted octanol–water partition coefficient (Wildman–Crippen LogP) is 0.917. The molecule has 0 aliphatic carbocycles. The molecule has 0 bridgehead atoms. The number of carbonyl (C=O) groups is 2. The summed E-state index contributed by atoms with van der Waals surface area (Å²) in [6.45, 7) is 8.81. The van der Waals surface area contributed by atoms with Crippen molar-refractivity contribution in [2.75, 3.05) is 32.7 Å². The molecule has 142 valence electrons. The molecular formula is C17H30BrN5O2. The second kappa shape index (κ2) is 10.4. The first-order valence-electron chi connectivity index (χ1n) is 8.75. The lowest BCUT2D eigenvalue weighted by Gasteiger charge is -2.25. The first-order valence-corrected chi connectivity index (χ1v) is 8.75. The van der Waals surface area contributed by atoms with Crippen molar-refractivity contribution >= 4 is 34.8 Å². The van der Waals surface area contributed by atoms with Crippen molar-refractivity contribution in [3.05, 3.63) is 12.2 Å². The summed E-state index contributed by atoms with van der Waals surface area (Å²) in [5.74, 6) is 0.797. The van der Waals surface area contributed by atoms with Crippen LogP contribution in [0.25, 0.3) is 0 Å². The second-order valence-corrected chi connectivity index (χ2v) is 6.50. The van der Waals surface area contributed by atoms with Gasteiger partial charge in [0.25, 0.3) is 0 Å². The van der Waals surface area contributed by atoms with Crippen LogP contribution in [0.4, 0.5) is 0 Å². The molecule has 7 nitrogen and oxygen atoms in total. The fourth-order valence-electron chi connectivity index (χ4n) is 2.84. The van der Waals surface area contributed by atoms with E-state index in [1.54, 1.807) is 4.90 Å². The van der Waals surface area contributed by atoms with Gasteiger partial charge in [-0.25, -0.2) is 4.99 Å². The molecule has 2 aliphatic rings. The molecule has 2 N–H and O–H groups in total. The van der Waals surface area contributed by atoms with Crippen molar-refractivity contribution in [1.82, 2.24) is 20.4 Å². The number of carbonyl (C=O) groups excluding carboxylic acids is 2. The second-order valence-electron chi connectivity index (χ2n) is 6.50. The van der Waals surface area contributed by atoms with Crippen LogP contribution < -0.4 is 10.6 Å². The number of nitrogens with one attached hydrogen (secondary N) is 2. The average molecular weight is 416 g/mol. The Hall–Kier alpha value is -1.57. The Balaban J connectivity index is 0.00000312. The number of guanidine groups is 1. The maximum absolute atomic E-state index is 12.2. The highest BCUT2D eigenvalue weighted by molar-refractivity contribution is 8.93. The molecule has 0 radical (unpaired) electrons. The van der Waals surface area contributed by atoms with Crippen LogP contribution in [0.2, 0.25) is 0 Å². The van der Waals surface area contributed by atoms with Crippen LogP contribution in [0.1, 0.15) is 33.6 Å². The molecule has 2 amide bonds. The Labute approximate surface area is 160 Å². The highest BCUT2D eigenvalue weighted by Gasteiger charge is 2.26. The number of halogens is 1. The van der Waals surface area contributed by atoms with Crippen molar-refractivity contribution < 1.29 is 9.59 Å². The average Bonchev–Trinajstić information content (AvgIpc) is 3.21. The van der Waals surface area contributed by atoms with E-state index in [4.69, 9.17) is 0 Å². The largest absolute Gasteiger partial charge is 0.354 e. The fourth-order valence-corrected chi connectivity index (χ4v) is 2.84. The van der Waals surface area contributed by atoms with Crippen molar-refractivity contribution in [1.29, 1.82) is 0 Å². The summed E-state index contributed by atoms with van der Waals surface area (Å²) < 4.78 is 0. The molecular weight excluding hydrogens is 386 g/mol. The normalized spacial score (nSPS) is 21.1. The molecule has 0 saturated carbocycles. The Morgan fingerprint density at radius 1 is 1.28 bits per heavy atom. The molecule has 2 aliphatic heterocycles. The van der Waals surface area contributed by atoms with Gasteiger partial charge in [-0.3, -0.25) is 9.59 Å². The molecule has 2 atom stereocenters. The van der Waals surface area contributed by atoms with E-state index in [2.05, 4.69) is 34.4 Å². The Kier molecular flexibility index (Phi) is 8.96. The van der Waals surface area contributed by atoms with E-state index in [1.807, 2.05) is 12.2 Å². The molecule has 2 rings (SSSR count). The van der Waals surface area contributed by atoms with E-state index in [-0.39, 0.29) is 47.4 Å². The molecule has 1 fully saturated rings. The van der Waals surface area contributed by atoms with Crippen LogP contribution in [0, 0.1) is 0 Å². The first kappa shape index (κ1) is 21.5. The fraction of sp³-hybridized carbons (Fsp3) is 0.706. The van der Waals surface area contributed by atoms with Gasteiger partial charge in [-0.2, -0.15) is 0 Å². The van der Waals surface area contributed by atoms with E-state index in [0.29, 0.717) is 13.1 Å². The smallest absolute Gasteiger partial charge is 0.244 e. The van der Waals surface area contributed by atoms with Crippen LogP contribution in [-0.4, -0.2) is 72.4 Å². The SMILES string of the molecule is Br.CCC(C)NC(=NCC(=O)N1CC=CC1)N1CCC(NC(C)=O)C1. The third-order valence-corrected chi connectivity index (χ3v) is 4.42. The third kappa shape index (κ3) is 6.68. The number of aliphatic imine (C=N–C) groups is 1. The van der Waals surface area contributed by atoms with Gasteiger partial charge in [0.15, 0.2) is 5.96 Å². The van der Waals surface area contributed by atoms with E-state index < -0.39 is 0 Å². The summed E-state index contributed by atoms with van der Waals surface area (Å²) in [6, 6.07) is 0.428. The van der Waals surface area contributed by atoms with Crippen molar-refractivity contribution in [2.24, 2.45) is 4.99 Å². The first-order chi connectivity index (χ1) is 11.5. The van der Waals surface area contributed by atoms with Crippen molar-refractivity contribution in [3.8, 4) is 0 Å². The van der Waals surface area contributed by atoms with Crippen LogP contribution in [0.5, 0.6) is 0 Å². The van der Waals surface area contributed by atoms with Gasteiger partial charge in [-0.1, -0.05) is 19.1 Å². The zero-order chi connectivity index (χ0) is 17.5. The van der Waals surface area contributed by atoms with E-state index in [0.717, 1.165) is 31.9 Å². The summed E-state index contributed by atoms with van der Waals surface area (Å²) in [7, 11) is 0. The zero-order valence-corrected chi connectivity index (χ0v) is 17.0. The molecule has 0 aromatic rings. The minimum atomic E-state index is -0.00747. The van der Waals surface area contributed by atoms with Gasteiger partial charge in [-0.15, -0.1) is 17.0 Å². The topological polar surface area (TPSA) is 77.0 Å². The summed E-state index contributed by atoms with van der Waals surface area (Å²) in [4.78, 5) is 31.9. The van der Waals surface area contributed by atoms with Gasteiger partial charge < -0.3 is 20.4 Å². The summed E-state index contributed by atoms with van der Waals surface area (Å²) >= 11 is 0. The van der Waals surface area contributed by atoms with Crippen LogP contribution >= 0.6 is 17.0 Å². The number of nitrogens with zero attached hydrogens (tertiary/aromatic N) is 3. The Morgan fingerprint density at radius 2 is 1.96 bits per heavy atom. The zero-order valence-electron chi connectivity index (χ0n) is 15.3. The van der Waals surface area contributed by atoms with Gasteiger partial charge in [-0.05, 0) is 19.8 Å². The summed E-state index contributed by atoms with van der Waals surface area (Å²) in [6.07, 6.45) is 5.87. The molecule has 25 heavy (non-hydrogen) atoms. The van der Waals surface area contributed by atoms with E-state index in [1.165, 1.54) is 6.92 Å². The van der Waals surface area contributed by atoms with E-state index >= 15 is 0 Å². The van der Waals surface area contributed by atoms with Crippen molar-refractivity contribution in [2.45, 2.75) is 45.7 Å². The third-order valence-electron chi connectivity index (χ3n) is 4.42. The minimum Gasteiger partial charge on any atom is -0.354 e. The van der Waals surface area contributed by atoms with E-state index in [9.17, 15) is 9.59 Å². The van der Waals surface area contributed by atoms with Gasteiger partial charge in [0, 0.05) is 45.2 Å². The number of amides is 2. The molecule has 8 heteroatoms. The van der Waals surface area contributed by atoms with Crippen LogP contribution in [0.3, 0.4) is 0 Å².